The van der Waals surface area contributed by atoms with E-state index in [1.807, 2.05) is 6.08 Å². The molecular formula is C78H153NO5. The number of amides is 1. The highest BCUT2D eigenvalue weighted by Crippen LogP contribution is 2.20. The maximum Gasteiger partial charge on any atom is 0.305 e. The number of hydrogen-bond donors (Lipinski definition) is 3. The molecule has 0 radical (unpaired) electrons. The summed E-state index contributed by atoms with van der Waals surface area (Å²) >= 11 is 0. The summed E-state index contributed by atoms with van der Waals surface area (Å²) in [4.78, 5) is 24.7. The van der Waals surface area contributed by atoms with Crippen LogP contribution in [0.3, 0.4) is 0 Å². The van der Waals surface area contributed by atoms with E-state index in [-0.39, 0.29) is 18.5 Å². The normalized spacial score (nSPS) is 12.5. The van der Waals surface area contributed by atoms with Gasteiger partial charge in [0.25, 0.3) is 0 Å². The van der Waals surface area contributed by atoms with Crippen LogP contribution in [0, 0.1) is 0 Å². The maximum absolute atomic E-state index is 12.5. The smallest absolute Gasteiger partial charge is 0.305 e. The molecule has 0 aliphatic heterocycles. The first-order valence-corrected chi connectivity index (χ1v) is 39.0. The number of allylic oxidation sites excluding steroid dienone is 1. The lowest BCUT2D eigenvalue weighted by molar-refractivity contribution is -0.143. The highest BCUT2D eigenvalue weighted by molar-refractivity contribution is 5.76. The van der Waals surface area contributed by atoms with Gasteiger partial charge in [-0.25, -0.2) is 0 Å². The minimum atomic E-state index is -0.842. The summed E-state index contributed by atoms with van der Waals surface area (Å²) < 4.78 is 5.52. The van der Waals surface area contributed by atoms with Crippen LogP contribution in [0.5, 0.6) is 0 Å². The molecule has 2 atom stereocenters. The van der Waals surface area contributed by atoms with Crippen molar-refractivity contribution in [2.45, 2.75) is 463 Å². The van der Waals surface area contributed by atoms with Crippen LogP contribution in [0.25, 0.3) is 0 Å². The highest BCUT2D eigenvalue weighted by atomic mass is 16.5. The molecule has 0 fully saturated rings. The van der Waals surface area contributed by atoms with Crippen molar-refractivity contribution in [3.05, 3.63) is 12.2 Å². The van der Waals surface area contributed by atoms with Crippen LogP contribution >= 0.6 is 0 Å². The zero-order valence-electron chi connectivity index (χ0n) is 57.4. The van der Waals surface area contributed by atoms with E-state index in [4.69, 9.17) is 4.74 Å². The van der Waals surface area contributed by atoms with Gasteiger partial charge < -0.3 is 20.3 Å². The van der Waals surface area contributed by atoms with Crippen molar-refractivity contribution in [2.24, 2.45) is 0 Å². The first-order valence-electron chi connectivity index (χ1n) is 39.0. The van der Waals surface area contributed by atoms with Crippen LogP contribution in [-0.2, 0) is 14.3 Å². The predicted octanol–water partition coefficient (Wildman–Crippen LogP) is 25.5. The largest absolute Gasteiger partial charge is 0.466 e. The van der Waals surface area contributed by atoms with Gasteiger partial charge in [0.2, 0.25) is 5.91 Å². The zero-order valence-corrected chi connectivity index (χ0v) is 57.4. The number of unbranched alkanes of at least 4 members (excludes halogenated alkanes) is 63. The van der Waals surface area contributed by atoms with E-state index in [0.717, 1.165) is 38.5 Å². The average molecular weight is 1190 g/mol. The topological polar surface area (TPSA) is 95.9 Å². The summed E-state index contributed by atoms with van der Waals surface area (Å²) in [6.07, 6.45) is 93.3. The lowest BCUT2D eigenvalue weighted by Crippen LogP contribution is -2.45. The van der Waals surface area contributed by atoms with Crippen molar-refractivity contribution in [1.82, 2.24) is 5.32 Å². The molecule has 0 aliphatic rings. The van der Waals surface area contributed by atoms with E-state index in [1.165, 1.54) is 385 Å². The number of ether oxygens (including phenoxy) is 1. The molecule has 0 heterocycles. The van der Waals surface area contributed by atoms with Gasteiger partial charge >= 0.3 is 5.97 Å². The average Bonchev–Trinajstić information content (AvgIpc) is 3.51. The maximum atomic E-state index is 12.5. The molecule has 0 aromatic heterocycles. The third kappa shape index (κ3) is 69.7. The molecule has 0 spiro atoms. The van der Waals surface area contributed by atoms with E-state index >= 15 is 0 Å². The van der Waals surface area contributed by atoms with Gasteiger partial charge in [0, 0.05) is 12.8 Å². The number of carbonyl (C=O) groups is 2. The first-order chi connectivity index (χ1) is 41.5. The van der Waals surface area contributed by atoms with Crippen molar-refractivity contribution in [3.8, 4) is 0 Å². The summed E-state index contributed by atoms with van der Waals surface area (Å²) in [6, 6.07) is -0.625. The summed E-state index contributed by atoms with van der Waals surface area (Å²) in [7, 11) is 0. The molecule has 0 rings (SSSR count). The quantitative estimate of drug-likeness (QED) is 0.0320. The molecule has 0 bridgehead atoms. The van der Waals surface area contributed by atoms with Crippen molar-refractivity contribution in [3.63, 3.8) is 0 Å². The Morgan fingerprint density at radius 3 is 0.810 bits per heavy atom. The van der Waals surface area contributed by atoms with E-state index < -0.39 is 12.1 Å². The lowest BCUT2D eigenvalue weighted by Gasteiger charge is -2.20. The Bertz CT molecular complexity index is 1270. The van der Waals surface area contributed by atoms with Crippen LogP contribution < -0.4 is 5.32 Å². The number of hydrogen-bond acceptors (Lipinski definition) is 5. The molecule has 500 valence electrons. The van der Waals surface area contributed by atoms with Crippen LogP contribution in [0.15, 0.2) is 12.2 Å². The summed E-state index contributed by atoms with van der Waals surface area (Å²) in [5, 5.41) is 23.3. The SMILES string of the molecule is CCCCCCCCCCCCCCCCCCC/C=C/C(O)C(CO)NC(=O)CCCCCCCCCCCCCCCCCCCCCCCCCCCCCCCOC(=O)CCCCCCCCCCCCCCCCCCCCC. The first kappa shape index (κ1) is 82.6. The third-order valence-corrected chi connectivity index (χ3v) is 18.6. The molecule has 0 aliphatic carbocycles. The number of rotatable bonds is 74. The van der Waals surface area contributed by atoms with Crippen LogP contribution in [-0.4, -0.2) is 47.4 Å². The predicted molar refractivity (Wildman–Crippen MR) is 370 cm³/mol. The molecule has 6 nitrogen and oxygen atoms in total. The van der Waals surface area contributed by atoms with Crippen LogP contribution in [0.1, 0.15) is 450 Å². The van der Waals surface area contributed by atoms with Crippen LogP contribution in [0.4, 0.5) is 0 Å². The molecule has 1 amide bonds. The van der Waals surface area contributed by atoms with Crippen molar-refractivity contribution >= 4 is 11.9 Å². The van der Waals surface area contributed by atoms with Gasteiger partial charge in [0.05, 0.1) is 25.4 Å². The number of carbonyl (C=O) groups excluding carboxylic acids is 2. The molecule has 6 heteroatoms. The Balaban J connectivity index is 3.33. The van der Waals surface area contributed by atoms with E-state index in [9.17, 15) is 19.8 Å². The van der Waals surface area contributed by atoms with Crippen molar-refractivity contribution < 1.29 is 24.5 Å². The number of nitrogens with one attached hydrogen (secondary N) is 1. The number of esters is 1. The molecule has 0 saturated heterocycles. The molecule has 3 N–H and O–H groups in total. The van der Waals surface area contributed by atoms with Gasteiger partial charge in [-0.05, 0) is 32.1 Å². The van der Waals surface area contributed by atoms with Crippen molar-refractivity contribution in [1.29, 1.82) is 0 Å². The second kappa shape index (κ2) is 74.1. The highest BCUT2D eigenvalue weighted by Gasteiger charge is 2.18. The molecule has 84 heavy (non-hydrogen) atoms. The summed E-state index contributed by atoms with van der Waals surface area (Å²) in [5.41, 5.74) is 0. The number of aliphatic hydroxyl groups is 2. The minimum Gasteiger partial charge on any atom is -0.466 e. The van der Waals surface area contributed by atoms with Gasteiger partial charge in [-0.2, -0.15) is 0 Å². The van der Waals surface area contributed by atoms with Crippen LogP contribution in [0.2, 0.25) is 0 Å². The zero-order chi connectivity index (χ0) is 60.6. The second-order valence-electron chi connectivity index (χ2n) is 27.1. The van der Waals surface area contributed by atoms with E-state index in [2.05, 4.69) is 19.2 Å². The molecule has 0 aromatic rings. The lowest BCUT2D eigenvalue weighted by atomic mass is 10.0. The van der Waals surface area contributed by atoms with Gasteiger partial charge in [-0.15, -0.1) is 0 Å². The van der Waals surface area contributed by atoms with Gasteiger partial charge in [-0.3, -0.25) is 9.59 Å². The van der Waals surface area contributed by atoms with E-state index in [1.54, 1.807) is 6.08 Å². The molecule has 0 aromatic carbocycles. The Labute approximate surface area is 527 Å². The van der Waals surface area contributed by atoms with Crippen molar-refractivity contribution in [2.75, 3.05) is 13.2 Å². The Morgan fingerprint density at radius 2 is 0.548 bits per heavy atom. The Morgan fingerprint density at radius 1 is 0.321 bits per heavy atom. The van der Waals surface area contributed by atoms with Gasteiger partial charge in [0.1, 0.15) is 0 Å². The Hall–Kier alpha value is -1.40. The molecular weight excluding hydrogens is 1030 g/mol. The molecule has 2 unspecified atom stereocenters. The number of aliphatic hydroxyl groups excluding tert-OH is 2. The second-order valence-corrected chi connectivity index (χ2v) is 27.1. The van der Waals surface area contributed by atoms with Gasteiger partial charge in [-0.1, -0.05) is 418 Å². The summed E-state index contributed by atoms with van der Waals surface area (Å²) in [6.45, 7) is 4.97. The monoisotopic (exact) mass is 1180 g/mol. The fraction of sp³-hybridized carbons (Fsp3) is 0.949. The summed E-state index contributed by atoms with van der Waals surface area (Å²) in [5.74, 6) is -0.0345. The molecule has 0 saturated carbocycles. The van der Waals surface area contributed by atoms with Gasteiger partial charge in [0.15, 0.2) is 0 Å². The van der Waals surface area contributed by atoms with E-state index in [0.29, 0.717) is 19.4 Å². The fourth-order valence-corrected chi connectivity index (χ4v) is 12.6. The minimum absolute atomic E-state index is 0.0253. The fourth-order valence-electron chi connectivity index (χ4n) is 12.6. The third-order valence-electron chi connectivity index (χ3n) is 18.6. The Kier molecular flexibility index (Phi) is 72.8. The standard InChI is InChI=1S/C78H153NO5/c1-3-5-7-9-11-13-15-17-19-21-34-38-42-46-50-54-58-62-66-70-76(81)75(74-80)79-77(82)71-67-63-59-55-51-47-43-39-36-32-30-28-26-24-23-25-27-29-31-33-37-41-45-49-53-57-61-65-69-73-84-78(83)72-68-64-60-56-52-48-44-40-35-22-20-18-16-14-12-10-8-6-4-2/h66,70,75-76,80-81H,3-65,67-69,71-74H2,1-2H3,(H,79,82)/b70-66+.